The lowest BCUT2D eigenvalue weighted by atomic mass is 9.89. The number of hydrogen-bond acceptors (Lipinski definition) is 18. The van der Waals surface area contributed by atoms with Crippen molar-refractivity contribution in [2.75, 3.05) is 58.3 Å². The first-order chi connectivity index (χ1) is 26.4. The number of aliphatic hydroxyl groups excluding tert-OH is 4. The SMILES string of the molecule is CN(C)c1ncnc2c1ncn2[C@@H]1O[C@H](CO)[C@H](N)C1O.COc1ccc(C[C@H](N)C(=O)C[C@@H]2C(O)[C@H](n3cnc4c(N(C)C)ncnc43)O[C@@H]2CO)cc1. The molecule has 2 aliphatic rings. The summed E-state index contributed by atoms with van der Waals surface area (Å²) >= 11 is 0. The molecule has 0 saturated carbocycles. The molecule has 0 amide bonds. The van der Waals surface area contributed by atoms with Gasteiger partial charge in [0.25, 0.3) is 0 Å². The lowest BCUT2D eigenvalue weighted by Crippen LogP contribution is -2.41. The fourth-order valence-corrected chi connectivity index (χ4v) is 6.83. The van der Waals surface area contributed by atoms with Gasteiger partial charge in [-0.15, -0.1) is 0 Å². The number of carbonyl (C=O) groups is 1. The van der Waals surface area contributed by atoms with Crippen molar-refractivity contribution in [3.63, 3.8) is 0 Å². The number of hydrogen-bond donors (Lipinski definition) is 6. The van der Waals surface area contributed by atoms with Gasteiger partial charge < -0.3 is 55.9 Å². The van der Waals surface area contributed by atoms with Gasteiger partial charge in [0, 0.05) is 40.5 Å². The molecular formula is C35H48N12O8. The van der Waals surface area contributed by atoms with Crippen molar-refractivity contribution < 1.29 is 39.4 Å². The van der Waals surface area contributed by atoms with Crippen LogP contribution in [0.5, 0.6) is 5.75 Å². The van der Waals surface area contributed by atoms with E-state index in [-0.39, 0.29) is 25.4 Å². The molecule has 20 nitrogen and oxygen atoms in total. The van der Waals surface area contributed by atoms with Crippen LogP contribution in [0.2, 0.25) is 0 Å². The summed E-state index contributed by atoms with van der Waals surface area (Å²) in [4.78, 5) is 42.2. The molecule has 4 aromatic heterocycles. The summed E-state index contributed by atoms with van der Waals surface area (Å²) < 4.78 is 19.9. The molecule has 0 radical (unpaired) electrons. The molecule has 296 valence electrons. The Balaban J connectivity index is 0.000000209. The summed E-state index contributed by atoms with van der Waals surface area (Å²) in [7, 11) is 9.00. The average molecular weight is 765 g/mol. The second kappa shape index (κ2) is 16.8. The van der Waals surface area contributed by atoms with Gasteiger partial charge in [0.05, 0.1) is 51.2 Å². The standard InChI is InChI=1S/C23H30N6O5.C12H18N6O3/c1-28(2)21-19-22(26-11-25-21)29(12-27-19)23-20(32)15(18(10-30)34-23)9-17(31)16(24)8-13-4-6-14(33-3)7-5-13;1-17(2)10-8-11(15-4-14-10)18(5-16-8)12-9(20)7(13)6(3-19)21-12/h4-7,11-12,15-16,18,20,23,30,32H,8-10,24H2,1-3H3;4-7,9,12,19-20H,3,13H2,1-2H3/t15-,16-,18+,20?,23+;6-,7+,9?,12-/m01/s1. The second-order valence-corrected chi connectivity index (χ2v) is 13.9. The molecule has 2 fully saturated rings. The first-order valence-electron chi connectivity index (χ1n) is 17.6. The van der Waals surface area contributed by atoms with Crippen LogP contribution in [0.25, 0.3) is 22.3 Å². The number of benzene rings is 1. The monoisotopic (exact) mass is 764 g/mol. The summed E-state index contributed by atoms with van der Waals surface area (Å²) in [6.07, 6.45) is 1.29. The normalized spacial score (nSPS) is 25.5. The Morgan fingerprint density at radius 3 is 1.80 bits per heavy atom. The number of Topliss-reactive ketones (excluding diaryl/α,β-unsaturated/α-hetero) is 1. The number of aliphatic hydroxyl groups is 4. The van der Waals surface area contributed by atoms with Gasteiger partial charge in [0.15, 0.2) is 46.4 Å². The van der Waals surface area contributed by atoms with E-state index in [0.717, 1.165) is 11.3 Å². The number of rotatable bonds is 12. The van der Waals surface area contributed by atoms with Crippen LogP contribution in [0.3, 0.4) is 0 Å². The Hall–Kier alpha value is -4.93. The molecule has 0 bridgehead atoms. The summed E-state index contributed by atoms with van der Waals surface area (Å²) in [6, 6.07) is 5.94. The van der Waals surface area contributed by atoms with E-state index in [2.05, 4.69) is 29.9 Å². The smallest absolute Gasteiger partial charge is 0.167 e. The van der Waals surface area contributed by atoms with Crippen molar-refractivity contribution in [3.8, 4) is 5.75 Å². The largest absolute Gasteiger partial charge is 0.497 e. The van der Waals surface area contributed by atoms with Gasteiger partial charge >= 0.3 is 0 Å². The highest BCUT2D eigenvalue weighted by atomic mass is 16.6. The summed E-state index contributed by atoms with van der Waals surface area (Å²) in [6.45, 7) is -0.594. The number of nitrogens with zero attached hydrogens (tertiary/aromatic N) is 10. The Morgan fingerprint density at radius 1 is 0.818 bits per heavy atom. The maximum atomic E-state index is 12.9. The van der Waals surface area contributed by atoms with Crippen LogP contribution < -0.4 is 26.0 Å². The number of imidazole rings is 2. The Bertz CT molecular complexity index is 2060. The van der Waals surface area contributed by atoms with Gasteiger partial charge in [-0.2, -0.15) is 0 Å². The molecule has 2 saturated heterocycles. The zero-order valence-corrected chi connectivity index (χ0v) is 31.2. The molecule has 8 N–H and O–H groups in total. The third-order valence-electron chi connectivity index (χ3n) is 9.85. The Labute approximate surface area is 316 Å². The number of methoxy groups -OCH3 is 1. The third kappa shape index (κ3) is 7.93. The molecule has 9 atom stereocenters. The highest BCUT2D eigenvalue weighted by molar-refractivity contribution is 5.85. The average Bonchev–Trinajstić information content (AvgIpc) is 3.95. The van der Waals surface area contributed by atoms with E-state index in [1.54, 1.807) is 16.2 Å². The Morgan fingerprint density at radius 2 is 1.33 bits per heavy atom. The van der Waals surface area contributed by atoms with E-state index in [4.69, 9.17) is 25.7 Å². The minimum Gasteiger partial charge on any atom is -0.497 e. The van der Waals surface area contributed by atoms with Gasteiger partial charge in [0.2, 0.25) is 0 Å². The predicted octanol–water partition coefficient (Wildman–Crippen LogP) is -1.23. The summed E-state index contributed by atoms with van der Waals surface area (Å²) in [5, 5.41) is 40.4. The Kier molecular flexibility index (Phi) is 12.2. The van der Waals surface area contributed by atoms with Gasteiger partial charge in [-0.05, 0) is 24.1 Å². The molecule has 5 aromatic rings. The molecule has 20 heteroatoms. The molecule has 7 rings (SSSR count). The molecule has 0 spiro atoms. The van der Waals surface area contributed by atoms with Crippen LogP contribution in [0, 0.1) is 5.92 Å². The highest BCUT2D eigenvalue weighted by Gasteiger charge is 2.46. The number of anilines is 2. The number of ketones is 1. The summed E-state index contributed by atoms with van der Waals surface area (Å²) in [5.41, 5.74) is 15.1. The van der Waals surface area contributed by atoms with Gasteiger partial charge in [0.1, 0.15) is 42.5 Å². The lowest BCUT2D eigenvalue weighted by Gasteiger charge is -2.20. The van der Waals surface area contributed by atoms with Crippen molar-refractivity contribution in [1.82, 2.24) is 39.0 Å². The van der Waals surface area contributed by atoms with E-state index in [1.807, 2.05) is 62.3 Å². The van der Waals surface area contributed by atoms with E-state index in [0.29, 0.717) is 40.4 Å². The number of ether oxygens (including phenoxy) is 3. The van der Waals surface area contributed by atoms with Crippen LogP contribution in [0.1, 0.15) is 24.4 Å². The van der Waals surface area contributed by atoms with Crippen LogP contribution in [0.15, 0.2) is 49.6 Å². The second-order valence-electron chi connectivity index (χ2n) is 13.9. The fourth-order valence-electron chi connectivity index (χ4n) is 6.83. The van der Waals surface area contributed by atoms with Crippen molar-refractivity contribution in [2.45, 2.75) is 61.8 Å². The maximum Gasteiger partial charge on any atom is 0.167 e. The van der Waals surface area contributed by atoms with E-state index < -0.39 is 54.9 Å². The number of fused-ring (bicyclic) bond motifs is 2. The molecule has 2 aliphatic heterocycles. The highest BCUT2D eigenvalue weighted by Crippen LogP contribution is 2.38. The van der Waals surface area contributed by atoms with Crippen molar-refractivity contribution in [1.29, 1.82) is 0 Å². The zero-order chi connectivity index (χ0) is 39.6. The zero-order valence-electron chi connectivity index (χ0n) is 31.2. The predicted molar refractivity (Wildman–Crippen MR) is 199 cm³/mol. The number of carbonyl (C=O) groups excluding carboxylic acids is 1. The number of nitrogens with two attached hydrogens (primary N) is 2. The van der Waals surface area contributed by atoms with Crippen LogP contribution in [0.4, 0.5) is 11.6 Å². The minimum atomic E-state index is -1.07. The fraction of sp³-hybridized carbons (Fsp3) is 0.514. The van der Waals surface area contributed by atoms with Crippen LogP contribution >= 0.6 is 0 Å². The van der Waals surface area contributed by atoms with Crippen LogP contribution in [-0.2, 0) is 20.7 Å². The first-order valence-corrected chi connectivity index (χ1v) is 17.6. The maximum absolute atomic E-state index is 12.9. The molecule has 2 unspecified atom stereocenters. The summed E-state index contributed by atoms with van der Waals surface area (Å²) in [5.74, 6) is 1.19. The van der Waals surface area contributed by atoms with E-state index in [1.165, 1.54) is 25.3 Å². The first kappa shape index (κ1) is 39.8. The molecule has 0 aliphatic carbocycles. The third-order valence-corrected chi connectivity index (χ3v) is 9.85. The number of aromatic nitrogens is 8. The van der Waals surface area contributed by atoms with E-state index in [9.17, 15) is 25.2 Å². The lowest BCUT2D eigenvalue weighted by molar-refractivity contribution is -0.122. The topological polar surface area (TPSA) is 271 Å². The molecule has 55 heavy (non-hydrogen) atoms. The van der Waals surface area contributed by atoms with Gasteiger partial charge in [-0.1, -0.05) is 12.1 Å². The van der Waals surface area contributed by atoms with E-state index >= 15 is 0 Å². The minimum absolute atomic E-state index is 0.0230. The quantitative estimate of drug-likeness (QED) is 0.0868. The van der Waals surface area contributed by atoms with Crippen molar-refractivity contribution in [2.24, 2.45) is 17.4 Å². The molecule has 6 heterocycles. The molecule has 1 aromatic carbocycles. The van der Waals surface area contributed by atoms with Gasteiger partial charge in [-0.25, -0.2) is 29.9 Å². The van der Waals surface area contributed by atoms with Gasteiger partial charge in [-0.3, -0.25) is 13.9 Å². The molecular weight excluding hydrogens is 716 g/mol. The van der Waals surface area contributed by atoms with Crippen molar-refractivity contribution in [3.05, 3.63) is 55.1 Å². The van der Waals surface area contributed by atoms with Crippen molar-refractivity contribution >= 4 is 39.7 Å². The van der Waals surface area contributed by atoms with Crippen LogP contribution in [-0.4, -0.2) is 150 Å².